The van der Waals surface area contributed by atoms with Gasteiger partial charge in [0.2, 0.25) is 0 Å². The molecule has 6 heteroatoms. The molecule has 0 aliphatic rings. The number of hydrogen-bond acceptors (Lipinski definition) is 3. The van der Waals surface area contributed by atoms with E-state index in [0.717, 1.165) is 42.0 Å². The number of nitrogens with zero attached hydrogens (tertiary/aromatic N) is 3. The lowest BCUT2D eigenvalue weighted by Gasteiger charge is -2.24. The molecule has 0 spiro atoms. The standard InChI is InChI=1S/C29H32N4O2/c1-2-24-9-13-27(14-10-24)31-29(34)33(19-6-18-32-20-17-30-23-32)21-25-11-15-28(16-12-25)35-22-26-7-4-3-5-8-26/h3-5,7-17,20,23H,2,6,18-19,21-22H2,1H3,(H,31,34). The first kappa shape index (κ1) is 24.1. The first-order valence-electron chi connectivity index (χ1n) is 12.1. The van der Waals surface area contributed by atoms with Gasteiger partial charge in [0.15, 0.2) is 0 Å². The zero-order valence-corrected chi connectivity index (χ0v) is 20.1. The zero-order valence-electron chi connectivity index (χ0n) is 20.1. The molecule has 0 radical (unpaired) electrons. The van der Waals surface area contributed by atoms with Crippen molar-refractivity contribution < 1.29 is 9.53 Å². The van der Waals surface area contributed by atoms with E-state index in [1.165, 1.54) is 5.56 Å². The summed E-state index contributed by atoms with van der Waals surface area (Å²) in [5.74, 6) is 0.810. The van der Waals surface area contributed by atoms with Gasteiger partial charge in [-0.15, -0.1) is 0 Å². The van der Waals surface area contributed by atoms with Gasteiger partial charge in [-0.2, -0.15) is 0 Å². The van der Waals surface area contributed by atoms with Crippen LogP contribution in [0, 0.1) is 0 Å². The van der Waals surface area contributed by atoms with Crippen molar-refractivity contribution in [2.45, 2.75) is 39.5 Å². The highest BCUT2D eigenvalue weighted by Crippen LogP contribution is 2.17. The van der Waals surface area contributed by atoms with Crippen molar-refractivity contribution >= 4 is 11.7 Å². The summed E-state index contributed by atoms with van der Waals surface area (Å²) in [6.07, 6.45) is 7.31. The van der Waals surface area contributed by atoms with Crippen molar-refractivity contribution in [3.05, 3.63) is 114 Å². The van der Waals surface area contributed by atoms with Crippen LogP contribution < -0.4 is 10.1 Å². The van der Waals surface area contributed by atoms with Gasteiger partial charge in [-0.3, -0.25) is 0 Å². The van der Waals surface area contributed by atoms with Crippen molar-refractivity contribution in [2.24, 2.45) is 0 Å². The molecular formula is C29H32N4O2. The Labute approximate surface area is 207 Å². The van der Waals surface area contributed by atoms with E-state index in [1.54, 1.807) is 12.5 Å². The maximum atomic E-state index is 13.2. The predicted molar refractivity (Wildman–Crippen MR) is 139 cm³/mol. The molecule has 180 valence electrons. The minimum Gasteiger partial charge on any atom is -0.489 e. The van der Waals surface area contributed by atoms with Crippen molar-refractivity contribution in [3.8, 4) is 5.75 Å². The van der Waals surface area contributed by atoms with Crippen molar-refractivity contribution in [1.29, 1.82) is 0 Å². The summed E-state index contributed by atoms with van der Waals surface area (Å²) in [5, 5.41) is 3.05. The summed E-state index contributed by atoms with van der Waals surface area (Å²) in [4.78, 5) is 19.1. The number of aromatic nitrogens is 2. The fraction of sp³-hybridized carbons (Fsp3) is 0.241. The first-order valence-corrected chi connectivity index (χ1v) is 12.1. The lowest BCUT2D eigenvalue weighted by molar-refractivity contribution is 0.207. The molecule has 0 bridgehead atoms. The van der Waals surface area contributed by atoms with Gasteiger partial charge < -0.3 is 19.5 Å². The Morgan fingerprint density at radius 2 is 1.69 bits per heavy atom. The number of urea groups is 1. The first-order chi connectivity index (χ1) is 17.2. The predicted octanol–water partition coefficient (Wildman–Crippen LogP) is 6.15. The van der Waals surface area contributed by atoms with E-state index in [9.17, 15) is 4.79 Å². The lowest BCUT2D eigenvalue weighted by Crippen LogP contribution is -2.35. The molecule has 35 heavy (non-hydrogen) atoms. The Morgan fingerprint density at radius 1 is 0.943 bits per heavy atom. The third-order valence-electron chi connectivity index (χ3n) is 5.85. The van der Waals surface area contributed by atoms with Crippen LogP contribution in [0.15, 0.2) is 97.6 Å². The summed E-state index contributed by atoms with van der Waals surface area (Å²) in [5.41, 5.74) is 4.23. The van der Waals surface area contributed by atoms with Crippen LogP contribution in [0.25, 0.3) is 0 Å². The maximum Gasteiger partial charge on any atom is 0.322 e. The molecule has 0 saturated carbocycles. The van der Waals surface area contributed by atoms with Gasteiger partial charge in [-0.05, 0) is 53.8 Å². The maximum absolute atomic E-state index is 13.2. The van der Waals surface area contributed by atoms with Crippen LogP contribution in [-0.4, -0.2) is 27.0 Å². The van der Waals surface area contributed by atoms with Crippen LogP contribution in [0.3, 0.4) is 0 Å². The number of aryl methyl sites for hydroxylation is 2. The average molecular weight is 469 g/mol. The Morgan fingerprint density at radius 3 is 2.37 bits per heavy atom. The van der Waals surface area contributed by atoms with Crippen molar-refractivity contribution in [3.63, 3.8) is 0 Å². The van der Waals surface area contributed by atoms with Crippen LogP contribution in [0.1, 0.15) is 30.0 Å². The fourth-order valence-corrected chi connectivity index (χ4v) is 3.79. The van der Waals surface area contributed by atoms with Gasteiger partial charge >= 0.3 is 6.03 Å². The summed E-state index contributed by atoms with van der Waals surface area (Å²) < 4.78 is 7.93. The van der Waals surface area contributed by atoms with Gasteiger partial charge in [0, 0.05) is 37.7 Å². The van der Waals surface area contributed by atoms with Gasteiger partial charge in [-0.25, -0.2) is 9.78 Å². The molecule has 1 aromatic heterocycles. The second kappa shape index (κ2) is 12.4. The molecule has 0 aliphatic heterocycles. The van der Waals surface area contributed by atoms with Crippen LogP contribution in [0.4, 0.5) is 10.5 Å². The number of nitrogens with one attached hydrogen (secondary N) is 1. The highest BCUT2D eigenvalue weighted by molar-refractivity contribution is 5.89. The third kappa shape index (κ3) is 7.47. The molecule has 4 aromatic rings. The van der Waals surface area contributed by atoms with Crippen LogP contribution in [-0.2, 0) is 26.1 Å². The third-order valence-corrected chi connectivity index (χ3v) is 5.85. The van der Waals surface area contributed by atoms with E-state index in [-0.39, 0.29) is 6.03 Å². The Bertz CT molecular complexity index is 1160. The average Bonchev–Trinajstić information content (AvgIpc) is 3.42. The van der Waals surface area contributed by atoms with Gasteiger partial charge in [0.05, 0.1) is 6.33 Å². The number of imidazole rings is 1. The van der Waals surface area contributed by atoms with Gasteiger partial charge in [-0.1, -0.05) is 61.5 Å². The Kier molecular flexibility index (Phi) is 8.54. The van der Waals surface area contributed by atoms with E-state index < -0.39 is 0 Å². The van der Waals surface area contributed by atoms with Gasteiger partial charge in [0.25, 0.3) is 0 Å². The lowest BCUT2D eigenvalue weighted by atomic mass is 10.1. The molecule has 0 aliphatic carbocycles. The topological polar surface area (TPSA) is 59.4 Å². The number of hydrogen-bond donors (Lipinski definition) is 1. The molecule has 6 nitrogen and oxygen atoms in total. The van der Waals surface area contributed by atoms with E-state index in [0.29, 0.717) is 19.7 Å². The number of anilines is 1. The molecule has 0 fully saturated rings. The van der Waals surface area contributed by atoms with Crippen LogP contribution in [0.2, 0.25) is 0 Å². The van der Waals surface area contributed by atoms with Crippen molar-refractivity contribution in [2.75, 3.05) is 11.9 Å². The molecule has 1 heterocycles. The Balaban J connectivity index is 1.37. The summed E-state index contributed by atoms with van der Waals surface area (Å²) >= 11 is 0. The SMILES string of the molecule is CCc1ccc(NC(=O)N(CCCn2ccnc2)Cc2ccc(OCc3ccccc3)cc2)cc1. The molecule has 1 N–H and O–H groups in total. The summed E-state index contributed by atoms with van der Waals surface area (Å²) in [7, 11) is 0. The fourth-order valence-electron chi connectivity index (χ4n) is 3.79. The van der Waals surface area contributed by atoms with Gasteiger partial charge in [0.1, 0.15) is 12.4 Å². The molecule has 2 amide bonds. The quantitative estimate of drug-likeness (QED) is 0.287. The van der Waals surface area contributed by atoms with E-state index in [1.807, 2.05) is 94.5 Å². The number of ether oxygens (including phenoxy) is 1. The molecule has 4 rings (SSSR count). The molecular weight excluding hydrogens is 436 g/mol. The number of benzene rings is 3. The number of rotatable bonds is 11. The number of carbonyl (C=O) groups excluding carboxylic acids is 1. The summed E-state index contributed by atoms with van der Waals surface area (Å²) in [6.45, 7) is 4.60. The minimum atomic E-state index is -0.107. The monoisotopic (exact) mass is 468 g/mol. The second-order valence-electron chi connectivity index (χ2n) is 8.47. The second-order valence-corrected chi connectivity index (χ2v) is 8.47. The molecule has 0 unspecified atom stereocenters. The highest BCUT2D eigenvalue weighted by Gasteiger charge is 2.14. The van der Waals surface area contributed by atoms with E-state index >= 15 is 0 Å². The van der Waals surface area contributed by atoms with Crippen LogP contribution in [0.5, 0.6) is 5.75 Å². The molecule has 0 saturated heterocycles. The zero-order chi connectivity index (χ0) is 24.3. The highest BCUT2D eigenvalue weighted by atomic mass is 16.5. The minimum absolute atomic E-state index is 0.107. The van der Waals surface area contributed by atoms with E-state index in [4.69, 9.17) is 4.74 Å². The molecule has 3 aromatic carbocycles. The van der Waals surface area contributed by atoms with Crippen molar-refractivity contribution in [1.82, 2.24) is 14.5 Å². The summed E-state index contributed by atoms with van der Waals surface area (Å²) in [6, 6.07) is 26.0. The van der Waals surface area contributed by atoms with Crippen LogP contribution >= 0.6 is 0 Å². The Hall–Kier alpha value is -4.06. The normalized spacial score (nSPS) is 10.7. The molecule has 0 atom stereocenters. The smallest absolute Gasteiger partial charge is 0.322 e. The largest absolute Gasteiger partial charge is 0.489 e. The number of amides is 2. The number of carbonyl (C=O) groups is 1. The van der Waals surface area contributed by atoms with E-state index in [2.05, 4.69) is 17.2 Å².